The van der Waals surface area contributed by atoms with Gasteiger partial charge in [0.25, 0.3) is 0 Å². The number of fused-ring (bicyclic) bond motifs is 3. The van der Waals surface area contributed by atoms with Crippen LogP contribution in [-0.4, -0.2) is 64.4 Å². The maximum Gasteiger partial charge on any atom is 0.407 e. The third kappa shape index (κ3) is 4.77. The lowest BCUT2D eigenvalue weighted by Crippen LogP contribution is -2.52. The Balaban J connectivity index is 1.45. The standard InChI is InChI=1S/C26H30N2O6/c1-15(2)11-22(24(30)28-13-16(29)12-23(28)25(31)32)27-26(33)34-14-21-19-9-5-3-7-17(19)18-8-4-6-10-20(18)21/h3-10,15-16,21-23,29H,11-14H2,1-2H3,(H,27,33)(H,31,32)/t16-,22-,23-/m0/s1. The molecular weight excluding hydrogens is 436 g/mol. The van der Waals surface area contributed by atoms with Crippen LogP contribution >= 0.6 is 0 Å². The largest absolute Gasteiger partial charge is 0.480 e. The molecule has 4 rings (SSSR count). The van der Waals surface area contributed by atoms with Crippen molar-refractivity contribution >= 4 is 18.0 Å². The van der Waals surface area contributed by atoms with Gasteiger partial charge in [0.2, 0.25) is 5.91 Å². The molecule has 1 fully saturated rings. The van der Waals surface area contributed by atoms with E-state index in [1.807, 2.05) is 50.2 Å². The smallest absolute Gasteiger partial charge is 0.407 e. The van der Waals surface area contributed by atoms with E-state index in [1.165, 1.54) is 0 Å². The van der Waals surface area contributed by atoms with Gasteiger partial charge in [-0.25, -0.2) is 9.59 Å². The molecule has 1 aliphatic carbocycles. The zero-order valence-corrected chi connectivity index (χ0v) is 19.3. The van der Waals surface area contributed by atoms with Gasteiger partial charge in [0, 0.05) is 18.9 Å². The number of hydrogen-bond donors (Lipinski definition) is 3. The molecule has 1 heterocycles. The molecule has 2 aromatic rings. The van der Waals surface area contributed by atoms with Gasteiger partial charge in [-0.2, -0.15) is 0 Å². The van der Waals surface area contributed by atoms with Gasteiger partial charge in [0.15, 0.2) is 0 Å². The van der Waals surface area contributed by atoms with Gasteiger partial charge in [-0.1, -0.05) is 62.4 Å². The molecule has 3 N–H and O–H groups in total. The Morgan fingerprint density at radius 2 is 1.65 bits per heavy atom. The van der Waals surface area contributed by atoms with Gasteiger partial charge >= 0.3 is 12.1 Å². The second kappa shape index (κ2) is 9.85. The molecule has 2 aromatic carbocycles. The van der Waals surface area contributed by atoms with E-state index in [4.69, 9.17) is 4.74 Å². The van der Waals surface area contributed by atoms with E-state index < -0.39 is 36.2 Å². The minimum Gasteiger partial charge on any atom is -0.480 e. The minimum atomic E-state index is -1.17. The molecule has 8 heteroatoms. The Hall–Kier alpha value is -3.39. The van der Waals surface area contributed by atoms with Crippen LogP contribution in [0.1, 0.15) is 43.7 Å². The molecule has 1 aliphatic heterocycles. The molecule has 0 saturated carbocycles. The number of rotatable bonds is 7. The fourth-order valence-corrected chi connectivity index (χ4v) is 4.97. The zero-order chi connectivity index (χ0) is 24.4. The number of carboxylic acid groups (broad SMARTS) is 1. The second-order valence-electron chi connectivity index (χ2n) is 9.39. The van der Waals surface area contributed by atoms with Crippen LogP contribution in [0.4, 0.5) is 4.79 Å². The highest BCUT2D eigenvalue weighted by molar-refractivity contribution is 5.90. The maximum absolute atomic E-state index is 13.1. The van der Waals surface area contributed by atoms with Crippen LogP contribution in [0.5, 0.6) is 0 Å². The number of carbonyl (C=O) groups is 3. The van der Waals surface area contributed by atoms with Crippen molar-refractivity contribution in [3.63, 3.8) is 0 Å². The Kier molecular flexibility index (Phi) is 6.88. The molecular formula is C26H30N2O6. The maximum atomic E-state index is 13.1. The summed E-state index contributed by atoms with van der Waals surface area (Å²) >= 11 is 0. The Labute approximate surface area is 198 Å². The first-order valence-electron chi connectivity index (χ1n) is 11.6. The van der Waals surface area contributed by atoms with E-state index in [1.54, 1.807) is 0 Å². The first-order chi connectivity index (χ1) is 16.3. The normalized spacial score (nSPS) is 20.1. The van der Waals surface area contributed by atoms with Gasteiger partial charge in [0.05, 0.1) is 6.10 Å². The number of aliphatic hydroxyl groups excluding tert-OH is 1. The summed E-state index contributed by atoms with van der Waals surface area (Å²) in [7, 11) is 0. The SMILES string of the molecule is CC(C)C[C@H](NC(=O)OCC1c2ccccc2-c2ccccc21)C(=O)N1C[C@@H](O)C[C@H]1C(=O)O. The average molecular weight is 467 g/mol. The lowest BCUT2D eigenvalue weighted by atomic mass is 9.98. The van der Waals surface area contributed by atoms with Gasteiger partial charge in [0.1, 0.15) is 18.7 Å². The summed E-state index contributed by atoms with van der Waals surface area (Å²) in [4.78, 5) is 38.6. The Bertz CT molecular complexity index is 1040. The van der Waals surface area contributed by atoms with Crippen molar-refractivity contribution in [3.8, 4) is 11.1 Å². The van der Waals surface area contributed by atoms with Gasteiger partial charge in [-0.3, -0.25) is 4.79 Å². The molecule has 34 heavy (non-hydrogen) atoms. The number of alkyl carbamates (subject to hydrolysis) is 1. The molecule has 3 atom stereocenters. The number of hydrogen-bond acceptors (Lipinski definition) is 5. The summed E-state index contributed by atoms with van der Waals surface area (Å²) in [6.45, 7) is 3.86. The predicted octanol–water partition coefficient (Wildman–Crippen LogP) is 2.99. The highest BCUT2D eigenvalue weighted by atomic mass is 16.5. The summed E-state index contributed by atoms with van der Waals surface area (Å²) in [5, 5.41) is 22.0. The average Bonchev–Trinajstić information content (AvgIpc) is 3.35. The van der Waals surface area contributed by atoms with Crippen molar-refractivity contribution in [2.45, 2.75) is 50.8 Å². The second-order valence-corrected chi connectivity index (χ2v) is 9.39. The number of likely N-dealkylation sites (tertiary alicyclic amines) is 1. The number of benzene rings is 2. The van der Waals surface area contributed by atoms with E-state index in [0.717, 1.165) is 27.2 Å². The monoisotopic (exact) mass is 466 g/mol. The fraction of sp³-hybridized carbons (Fsp3) is 0.423. The van der Waals surface area contributed by atoms with Crippen molar-refractivity contribution < 1.29 is 29.3 Å². The number of nitrogens with zero attached hydrogens (tertiary/aromatic N) is 1. The number of nitrogens with one attached hydrogen (secondary N) is 1. The summed E-state index contributed by atoms with van der Waals surface area (Å²) in [5.74, 6) is -1.73. The highest BCUT2D eigenvalue weighted by Gasteiger charge is 2.41. The highest BCUT2D eigenvalue weighted by Crippen LogP contribution is 2.44. The molecule has 0 aromatic heterocycles. The van der Waals surface area contributed by atoms with E-state index in [9.17, 15) is 24.6 Å². The van der Waals surface area contributed by atoms with Crippen LogP contribution in [0, 0.1) is 5.92 Å². The van der Waals surface area contributed by atoms with Crippen LogP contribution in [0.25, 0.3) is 11.1 Å². The molecule has 1 saturated heterocycles. The lowest BCUT2D eigenvalue weighted by molar-refractivity contribution is -0.149. The summed E-state index contributed by atoms with van der Waals surface area (Å²) < 4.78 is 5.57. The van der Waals surface area contributed by atoms with Crippen LogP contribution < -0.4 is 5.32 Å². The molecule has 0 spiro atoms. The van der Waals surface area contributed by atoms with Crippen LogP contribution in [0.3, 0.4) is 0 Å². The quantitative estimate of drug-likeness (QED) is 0.578. The van der Waals surface area contributed by atoms with E-state index in [-0.39, 0.29) is 31.4 Å². The molecule has 0 unspecified atom stereocenters. The molecule has 8 nitrogen and oxygen atoms in total. The molecule has 0 bridgehead atoms. The summed E-state index contributed by atoms with van der Waals surface area (Å²) in [6, 6.07) is 14.0. The number of amides is 2. The third-order valence-electron chi connectivity index (χ3n) is 6.49. The minimum absolute atomic E-state index is 0.0274. The molecule has 2 amide bonds. The Morgan fingerprint density at radius 3 is 2.21 bits per heavy atom. The van der Waals surface area contributed by atoms with Crippen molar-refractivity contribution in [2.75, 3.05) is 13.2 Å². The zero-order valence-electron chi connectivity index (χ0n) is 19.3. The summed E-state index contributed by atoms with van der Waals surface area (Å²) in [5.41, 5.74) is 4.41. The Morgan fingerprint density at radius 1 is 1.06 bits per heavy atom. The topological polar surface area (TPSA) is 116 Å². The molecule has 0 radical (unpaired) electrons. The van der Waals surface area contributed by atoms with E-state index >= 15 is 0 Å². The number of carboxylic acids is 1. The van der Waals surface area contributed by atoms with E-state index in [0.29, 0.717) is 6.42 Å². The van der Waals surface area contributed by atoms with Gasteiger partial charge in [-0.15, -0.1) is 0 Å². The molecule has 2 aliphatic rings. The fourth-order valence-electron chi connectivity index (χ4n) is 4.97. The lowest BCUT2D eigenvalue weighted by Gasteiger charge is -2.28. The first-order valence-corrected chi connectivity index (χ1v) is 11.6. The van der Waals surface area contributed by atoms with Gasteiger partial charge < -0.3 is 25.2 Å². The molecule has 180 valence electrons. The predicted molar refractivity (Wildman–Crippen MR) is 125 cm³/mol. The van der Waals surface area contributed by atoms with Crippen LogP contribution in [-0.2, 0) is 14.3 Å². The summed E-state index contributed by atoms with van der Waals surface area (Å²) in [6.07, 6.45) is -1.34. The number of ether oxygens (including phenoxy) is 1. The number of aliphatic hydroxyl groups is 1. The number of aliphatic carboxylic acids is 1. The van der Waals surface area contributed by atoms with Gasteiger partial charge in [-0.05, 0) is 34.6 Å². The van der Waals surface area contributed by atoms with Crippen LogP contribution in [0.2, 0.25) is 0 Å². The van der Waals surface area contributed by atoms with Crippen molar-refractivity contribution in [2.24, 2.45) is 5.92 Å². The van der Waals surface area contributed by atoms with E-state index in [2.05, 4.69) is 17.4 Å². The number of β-amino-alcohol motifs (C(OH)–C–C–N with tert-alkyl or cyclic N) is 1. The van der Waals surface area contributed by atoms with Crippen molar-refractivity contribution in [3.05, 3.63) is 59.7 Å². The van der Waals surface area contributed by atoms with Crippen LogP contribution in [0.15, 0.2) is 48.5 Å². The number of carbonyl (C=O) groups excluding carboxylic acids is 2. The third-order valence-corrected chi connectivity index (χ3v) is 6.49. The van der Waals surface area contributed by atoms with Crippen molar-refractivity contribution in [1.82, 2.24) is 10.2 Å². The van der Waals surface area contributed by atoms with Crippen molar-refractivity contribution in [1.29, 1.82) is 0 Å². The first kappa shape index (κ1) is 23.8.